The molecule has 0 amide bonds. The molecule has 0 radical (unpaired) electrons. The topological polar surface area (TPSA) is 6.48 Å². The van der Waals surface area contributed by atoms with Crippen LogP contribution in [0.2, 0.25) is 0 Å². The Morgan fingerprint density at radius 3 is 2.43 bits per heavy atom. The number of fused-ring (bicyclic) bond motifs is 1. The van der Waals surface area contributed by atoms with Crippen LogP contribution in [0.15, 0.2) is 83.2 Å². The first-order valence-electron chi connectivity index (χ1n) is 11.0. The van der Waals surface area contributed by atoms with Gasteiger partial charge in [0.05, 0.1) is 10.7 Å². The molecule has 0 spiro atoms. The molecule has 0 saturated carbocycles. The maximum atomic E-state index is 6.83. The highest BCUT2D eigenvalue weighted by Crippen LogP contribution is 2.36. The molecule has 1 saturated heterocycles. The quantitative estimate of drug-likeness (QED) is 0.550. The van der Waals surface area contributed by atoms with Crippen LogP contribution >= 0.6 is 11.6 Å². The molecule has 2 nitrogen and oxygen atoms in total. The van der Waals surface area contributed by atoms with Crippen molar-refractivity contribution < 1.29 is 0 Å². The standard InChI is InChI=1S/C27H31ClN2/c1-4-22-9-11-23(12-10-22)13-14-25-18-30-16-15-29(19-26(30)27(28)21(25)3)17-24-8-6-5-7-20(24)2/h5-12,18H,3-4,13-17,19H2,1-2H3. The summed E-state index contributed by atoms with van der Waals surface area (Å²) in [7, 11) is 0. The molecule has 30 heavy (non-hydrogen) atoms. The molecule has 1 fully saturated rings. The highest BCUT2D eigenvalue weighted by atomic mass is 35.5. The monoisotopic (exact) mass is 418 g/mol. The summed E-state index contributed by atoms with van der Waals surface area (Å²) in [6.45, 7) is 12.5. The van der Waals surface area contributed by atoms with Crippen LogP contribution < -0.4 is 0 Å². The Morgan fingerprint density at radius 2 is 1.70 bits per heavy atom. The zero-order chi connectivity index (χ0) is 21.1. The van der Waals surface area contributed by atoms with E-state index in [1.165, 1.54) is 33.5 Å². The maximum absolute atomic E-state index is 6.83. The van der Waals surface area contributed by atoms with Crippen molar-refractivity contribution in [3.8, 4) is 0 Å². The van der Waals surface area contributed by atoms with E-state index in [4.69, 9.17) is 11.6 Å². The predicted octanol–water partition coefficient (Wildman–Crippen LogP) is 6.21. The summed E-state index contributed by atoms with van der Waals surface area (Å²) in [6.07, 6.45) is 5.36. The van der Waals surface area contributed by atoms with E-state index in [1.807, 2.05) is 0 Å². The number of allylic oxidation sites excluding steroid dienone is 3. The van der Waals surface area contributed by atoms with Crippen molar-refractivity contribution in [1.29, 1.82) is 0 Å². The van der Waals surface area contributed by atoms with Gasteiger partial charge in [0.25, 0.3) is 0 Å². The number of hydrogen-bond donors (Lipinski definition) is 0. The van der Waals surface area contributed by atoms with Gasteiger partial charge in [-0.25, -0.2) is 0 Å². The number of aryl methyl sites for hydroxylation is 3. The summed E-state index contributed by atoms with van der Waals surface area (Å²) in [5, 5.41) is 0.836. The molecule has 2 aliphatic heterocycles. The van der Waals surface area contributed by atoms with Crippen LogP contribution in [0.5, 0.6) is 0 Å². The van der Waals surface area contributed by atoms with E-state index in [1.54, 1.807) is 0 Å². The Balaban J connectivity index is 1.42. The molecule has 0 N–H and O–H groups in total. The van der Waals surface area contributed by atoms with Crippen LogP contribution in [0, 0.1) is 6.92 Å². The molecule has 2 aromatic carbocycles. The zero-order valence-corrected chi connectivity index (χ0v) is 18.9. The molecule has 4 rings (SSSR count). The average molecular weight is 419 g/mol. The van der Waals surface area contributed by atoms with Crippen molar-refractivity contribution in [2.45, 2.75) is 39.7 Å². The first kappa shape index (κ1) is 21.0. The lowest BCUT2D eigenvalue weighted by Gasteiger charge is -2.40. The highest BCUT2D eigenvalue weighted by Gasteiger charge is 2.28. The van der Waals surface area contributed by atoms with Crippen LogP contribution in [0.1, 0.15) is 35.6 Å². The number of halogens is 1. The largest absolute Gasteiger partial charge is 0.347 e. The number of benzene rings is 2. The SMILES string of the molecule is C=C1C(CCc2ccc(CC)cc2)=CN2CCN(Cc3ccccc3C)CC2=C1Cl. The van der Waals surface area contributed by atoms with Gasteiger partial charge in [0.1, 0.15) is 0 Å². The molecular formula is C27H31ClN2. The zero-order valence-electron chi connectivity index (χ0n) is 18.1. The Morgan fingerprint density at radius 1 is 0.967 bits per heavy atom. The van der Waals surface area contributed by atoms with Gasteiger partial charge in [0.15, 0.2) is 0 Å². The number of hydrogen-bond acceptors (Lipinski definition) is 2. The van der Waals surface area contributed by atoms with E-state index >= 15 is 0 Å². The Kier molecular flexibility index (Phi) is 6.46. The summed E-state index contributed by atoms with van der Waals surface area (Å²) in [5.74, 6) is 0. The predicted molar refractivity (Wildman–Crippen MR) is 127 cm³/mol. The van der Waals surface area contributed by atoms with Crippen LogP contribution in [0.4, 0.5) is 0 Å². The summed E-state index contributed by atoms with van der Waals surface area (Å²) in [4.78, 5) is 4.83. The minimum absolute atomic E-state index is 0.836. The first-order chi connectivity index (χ1) is 14.5. The van der Waals surface area contributed by atoms with Gasteiger partial charge in [-0.2, -0.15) is 0 Å². The van der Waals surface area contributed by atoms with Crippen LogP contribution in [-0.2, 0) is 19.4 Å². The Hall–Kier alpha value is -2.29. The van der Waals surface area contributed by atoms with Gasteiger partial charge in [-0.15, -0.1) is 0 Å². The third-order valence-corrected chi connectivity index (χ3v) is 6.81. The normalized spacial score (nSPS) is 17.2. The van der Waals surface area contributed by atoms with Crippen molar-refractivity contribution in [3.63, 3.8) is 0 Å². The molecule has 2 aliphatic rings. The highest BCUT2D eigenvalue weighted by molar-refractivity contribution is 6.33. The molecule has 0 atom stereocenters. The van der Waals surface area contributed by atoms with Gasteiger partial charge >= 0.3 is 0 Å². The molecule has 0 aromatic heterocycles. The van der Waals surface area contributed by atoms with Gasteiger partial charge < -0.3 is 4.90 Å². The molecule has 3 heteroatoms. The Labute approximate surface area is 186 Å². The lowest BCUT2D eigenvalue weighted by atomic mass is 9.95. The molecule has 0 unspecified atom stereocenters. The van der Waals surface area contributed by atoms with E-state index < -0.39 is 0 Å². The van der Waals surface area contributed by atoms with Gasteiger partial charge in [-0.1, -0.05) is 73.6 Å². The van der Waals surface area contributed by atoms with Crippen LogP contribution in [0.25, 0.3) is 0 Å². The lowest BCUT2D eigenvalue weighted by Crippen LogP contribution is -2.43. The fourth-order valence-electron chi connectivity index (χ4n) is 4.28. The van der Waals surface area contributed by atoms with Gasteiger partial charge in [-0.05, 0) is 59.6 Å². The number of nitrogens with zero attached hydrogens (tertiary/aromatic N) is 2. The number of rotatable bonds is 6. The average Bonchev–Trinajstić information content (AvgIpc) is 2.77. The summed E-state index contributed by atoms with van der Waals surface area (Å²) < 4.78 is 0. The molecule has 0 bridgehead atoms. The van der Waals surface area contributed by atoms with E-state index in [-0.39, 0.29) is 0 Å². The minimum Gasteiger partial charge on any atom is -0.347 e. The lowest BCUT2D eigenvalue weighted by molar-refractivity contribution is 0.199. The number of piperazine rings is 1. The first-order valence-corrected chi connectivity index (χ1v) is 11.3. The van der Waals surface area contributed by atoms with Crippen LogP contribution in [0.3, 0.4) is 0 Å². The second kappa shape index (κ2) is 9.24. The van der Waals surface area contributed by atoms with Crippen molar-refractivity contribution in [3.05, 3.63) is 105 Å². The third-order valence-electron chi connectivity index (χ3n) is 6.36. The smallest absolute Gasteiger partial charge is 0.0683 e. The van der Waals surface area contributed by atoms with E-state index in [9.17, 15) is 0 Å². The fraction of sp³-hybridized carbons (Fsp3) is 0.333. The molecule has 2 aromatic rings. The van der Waals surface area contributed by atoms with Crippen LogP contribution in [-0.4, -0.2) is 29.4 Å². The van der Waals surface area contributed by atoms with E-state index in [0.717, 1.165) is 56.0 Å². The second-order valence-corrected chi connectivity index (χ2v) is 8.77. The third kappa shape index (κ3) is 4.55. The van der Waals surface area contributed by atoms with Crippen molar-refractivity contribution in [2.75, 3.05) is 19.6 Å². The maximum Gasteiger partial charge on any atom is 0.0683 e. The van der Waals surface area contributed by atoms with Gasteiger partial charge in [0.2, 0.25) is 0 Å². The molecular weight excluding hydrogens is 388 g/mol. The van der Waals surface area contributed by atoms with E-state index in [2.05, 4.69) is 85.0 Å². The van der Waals surface area contributed by atoms with Gasteiger partial charge in [0, 0.05) is 32.4 Å². The summed E-state index contributed by atoms with van der Waals surface area (Å²) in [6, 6.07) is 17.6. The molecule has 2 heterocycles. The Bertz CT molecular complexity index is 984. The summed E-state index contributed by atoms with van der Waals surface area (Å²) in [5.41, 5.74) is 8.94. The molecule has 156 valence electrons. The fourth-order valence-corrected chi connectivity index (χ4v) is 4.57. The minimum atomic E-state index is 0.836. The van der Waals surface area contributed by atoms with Crippen molar-refractivity contribution in [1.82, 2.24) is 9.80 Å². The van der Waals surface area contributed by atoms with Crippen molar-refractivity contribution in [2.24, 2.45) is 0 Å². The second-order valence-electron chi connectivity index (χ2n) is 8.39. The molecule has 0 aliphatic carbocycles. The van der Waals surface area contributed by atoms with Crippen molar-refractivity contribution >= 4 is 11.6 Å². The van der Waals surface area contributed by atoms with E-state index in [0.29, 0.717) is 0 Å². The summed E-state index contributed by atoms with van der Waals surface area (Å²) >= 11 is 6.83. The van der Waals surface area contributed by atoms with Gasteiger partial charge in [-0.3, -0.25) is 4.90 Å².